The van der Waals surface area contributed by atoms with Crippen LogP contribution in [0.1, 0.15) is 43.3 Å². The number of ether oxygens (including phenoxy) is 1. The maximum Gasteiger partial charge on any atom is 0.335 e. The lowest BCUT2D eigenvalue weighted by molar-refractivity contribution is 0.0696. The molecule has 3 rings (SSSR count). The maximum atomic E-state index is 12.8. The summed E-state index contributed by atoms with van der Waals surface area (Å²) < 4.78 is 10.9. The summed E-state index contributed by atoms with van der Waals surface area (Å²) in [4.78, 5) is 23.9. The zero-order valence-electron chi connectivity index (χ0n) is 15.7. The highest BCUT2D eigenvalue weighted by atomic mass is 16.5. The van der Waals surface area contributed by atoms with Gasteiger partial charge in [-0.3, -0.25) is 4.79 Å². The monoisotopic (exact) mass is 391 g/mol. The van der Waals surface area contributed by atoms with Gasteiger partial charge in [-0.2, -0.15) is 5.26 Å². The number of rotatable bonds is 6. The largest absolute Gasteiger partial charge is 0.488 e. The van der Waals surface area contributed by atoms with Crippen molar-refractivity contribution in [1.82, 2.24) is 5.16 Å². The highest BCUT2D eigenvalue weighted by Crippen LogP contribution is 2.24. The summed E-state index contributed by atoms with van der Waals surface area (Å²) in [7, 11) is 0. The van der Waals surface area contributed by atoms with Gasteiger partial charge in [0, 0.05) is 5.69 Å². The van der Waals surface area contributed by atoms with Crippen molar-refractivity contribution in [3.8, 4) is 11.8 Å². The molecule has 2 N–H and O–H groups in total. The first-order valence-corrected chi connectivity index (χ1v) is 8.62. The summed E-state index contributed by atoms with van der Waals surface area (Å²) in [5.74, 6) is -0.764. The number of aryl methyl sites for hydroxylation is 2. The quantitative estimate of drug-likeness (QED) is 0.656. The van der Waals surface area contributed by atoms with E-state index >= 15 is 0 Å². The van der Waals surface area contributed by atoms with E-state index in [4.69, 9.17) is 19.6 Å². The van der Waals surface area contributed by atoms with Crippen LogP contribution in [0.25, 0.3) is 0 Å². The van der Waals surface area contributed by atoms with Crippen molar-refractivity contribution in [2.75, 3.05) is 5.32 Å². The number of hydrogen-bond acceptors (Lipinski definition) is 6. The number of hydrogen-bond donors (Lipinski definition) is 2. The van der Waals surface area contributed by atoms with Gasteiger partial charge in [-0.15, -0.1) is 0 Å². The summed E-state index contributed by atoms with van der Waals surface area (Å²) in [6.07, 6.45) is 0. The van der Waals surface area contributed by atoms with Crippen LogP contribution in [0.15, 0.2) is 47.0 Å². The number of aromatic carboxylic acids is 1. The Kier molecular flexibility index (Phi) is 5.60. The van der Waals surface area contributed by atoms with Gasteiger partial charge in [0.25, 0.3) is 5.91 Å². The number of anilines is 1. The highest BCUT2D eigenvalue weighted by molar-refractivity contribution is 6.06. The molecule has 1 amide bonds. The Morgan fingerprint density at radius 2 is 2.03 bits per heavy atom. The Morgan fingerprint density at radius 1 is 1.24 bits per heavy atom. The molecule has 0 aliphatic carbocycles. The van der Waals surface area contributed by atoms with Crippen LogP contribution < -0.4 is 10.1 Å². The number of carboxylic acids is 1. The average Bonchev–Trinajstić information content (AvgIpc) is 3.03. The molecule has 0 bridgehead atoms. The van der Waals surface area contributed by atoms with E-state index in [-0.39, 0.29) is 23.5 Å². The number of carboxylic acid groups (broad SMARTS) is 1. The third-order valence-corrected chi connectivity index (χ3v) is 4.28. The molecule has 3 aromatic rings. The van der Waals surface area contributed by atoms with Gasteiger partial charge in [-0.1, -0.05) is 11.2 Å². The molecule has 8 heteroatoms. The molecule has 0 saturated carbocycles. The second kappa shape index (κ2) is 8.27. The zero-order valence-corrected chi connectivity index (χ0v) is 15.7. The molecule has 0 saturated heterocycles. The normalized spacial score (nSPS) is 10.2. The molecular formula is C21H17N3O5. The van der Waals surface area contributed by atoms with Gasteiger partial charge in [0.15, 0.2) is 0 Å². The minimum absolute atomic E-state index is 0.0533. The van der Waals surface area contributed by atoms with Crippen molar-refractivity contribution in [3.05, 3.63) is 76.2 Å². The number of nitrogens with one attached hydrogen (secondary N) is 1. The number of carbonyl (C=O) groups excluding carboxylic acids is 1. The number of aromatic nitrogens is 1. The summed E-state index contributed by atoms with van der Waals surface area (Å²) >= 11 is 0. The van der Waals surface area contributed by atoms with Crippen molar-refractivity contribution in [2.24, 2.45) is 0 Å². The predicted octanol–water partition coefficient (Wildman–Crippen LogP) is 3.69. The Balaban J connectivity index is 1.86. The van der Waals surface area contributed by atoms with Crippen LogP contribution in [-0.2, 0) is 6.61 Å². The van der Waals surface area contributed by atoms with Crippen LogP contribution in [0.5, 0.6) is 5.75 Å². The summed E-state index contributed by atoms with van der Waals surface area (Å²) in [5.41, 5.74) is 2.36. The lowest BCUT2D eigenvalue weighted by atomic mass is 10.1. The van der Waals surface area contributed by atoms with E-state index in [2.05, 4.69) is 10.5 Å². The van der Waals surface area contributed by atoms with Crippen molar-refractivity contribution in [2.45, 2.75) is 20.5 Å². The van der Waals surface area contributed by atoms with E-state index in [1.54, 1.807) is 19.9 Å². The molecule has 1 aromatic heterocycles. The fourth-order valence-corrected chi connectivity index (χ4v) is 2.69. The fraction of sp³-hybridized carbons (Fsp3) is 0.143. The molecule has 0 aliphatic rings. The lowest BCUT2D eigenvalue weighted by Gasteiger charge is -2.12. The van der Waals surface area contributed by atoms with Crippen molar-refractivity contribution in [3.63, 3.8) is 0 Å². The summed E-state index contributed by atoms with van der Waals surface area (Å²) in [6, 6.07) is 12.4. The third-order valence-electron chi connectivity index (χ3n) is 4.28. The first-order chi connectivity index (χ1) is 13.9. The molecule has 29 heavy (non-hydrogen) atoms. The van der Waals surface area contributed by atoms with Crippen LogP contribution in [0.4, 0.5) is 5.69 Å². The third kappa shape index (κ3) is 4.42. The van der Waals surface area contributed by atoms with E-state index in [1.807, 2.05) is 6.07 Å². The molecular weight excluding hydrogens is 374 g/mol. The smallest absolute Gasteiger partial charge is 0.335 e. The van der Waals surface area contributed by atoms with E-state index in [0.29, 0.717) is 22.7 Å². The first kappa shape index (κ1) is 19.6. The second-order valence-electron chi connectivity index (χ2n) is 6.25. The van der Waals surface area contributed by atoms with Gasteiger partial charge in [0.1, 0.15) is 18.1 Å². The molecule has 0 atom stereocenters. The molecule has 1 heterocycles. The molecule has 2 aromatic carbocycles. The van der Waals surface area contributed by atoms with Crippen LogP contribution in [-0.4, -0.2) is 22.1 Å². The number of amides is 1. The molecule has 0 radical (unpaired) electrons. The number of carbonyl (C=O) groups is 2. The molecule has 0 aliphatic heterocycles. The van der Waals surface area contributed by atoms with E-state index in [9.17, 15) is 9.59 Å². The second-order valence-corrected chi connectivity index (χ2v) is 6.25. The predicted molar refractivity (Wildman–Crippen MR) is 103 cm³/mol. The van der Waals surface area contributed by atoms with Crippen LogP contribution in [0.2, 0.25) is 0 Å². The van der Waals surface area contributed by atoms with E-state index < -0.39 is 11.9 Å². The van der Waals surface area contributed by atoms with Gasteiger partial charge < -0.3 is 19.7 Å². The van der Waals surface area contributed by atoms with Gasteiger partial charge in [-0.25, -0.2) is 4.79 Å². The van der Waals surface area contributed by atoms with Crippen LogP contribution in [0, 0.1) is 25.2 Å². The Morgan fingerprint density at radius 3 is 2.69 bits per heavy atom. The first-order valence-electron chi connectivity index (χ1n) is 8.62. The molecule has 146 valence electrons. The minimum atomic E-state index is -1.09. The van der Waals surface area contributed by atoms with Gasteiger partial charge in [0.05, 0.1) is 34.0 Å². The Hall–Kier alpha value is -4.12. The van der Waals surface area contributed by atoms with Crippen LogP contribution >= 0.6 is 0 Å². The fourth-order valence-electron chi connectivity index (χ4n) is 2.69. The molecule has 0 spiro atoms. The van der Waals surface area contributed by atoms with Gasteiger partial charge in [-0.05, 0) is 50.2 Å². The maximum absolute atomic E-state index is 12.8. The molecule has 0 unspecified atom stereocenters. The summed E-state index contributed by atoms with van der Waals surface area (Å²) in [6.45, 7) is 3.65. The number of nitriles is 1. The standard InChI is InChI=1S/C21H17N3O5/c1-12-18(13(2)29-24-12)11-28-19-8-14(10-22)6-7-17(19)20(25)23-16-5-3-4-15(9-16)21(26)27/h3-9H,11H2,1-2H3,(H,23,25)(H,26,27). The molecule has 0 fully saturated rings. The van der Waals surface area contributed by atoms with E-state index in [0.717, 1.165) is 5.56 Å². The van der Waals surface area contributed by atoms with Crippen molar-refractivity contribution in [1.29, 1.82) is 5.26 Å². The van der Waals surface area contributed by atoms with Crippen LogP contribution in [0.3, 0.4) is 0 Å². The molecule has 8 nitrogen and oxygen atoms in total. The summed E-state index contributed by atoms with van der Waals surface area (Å²) in [5, 5.41) is 24.8. The van der Waals surface area contributed by atoms with Gasteiger partial charge in [0.2, 0.25) is 0 Å². The van der Waals surface area contributed by atoms with Crippen molar-refractivity contribution < 1.29 is 24.0 Å². The Bertz CT molecular complexity index is 1110. The average molecular weight is 391 g/mol. The van der Waals surface area contributed by atoms with E-state index in [1.165, 1.54) is 36.4 Å². The topological polar surface area (TPSA) is 125 Å². The van der Waals surface area contributed by atoms with Gasteiger partial charge >= 0.3 is 5.97 Å². The zero-order chi connectivity index (χ0) is 21.0. The highest BCUT2D eigenvalue weighted by Gasteiger charge is 2.17. The number of benzene rings is 2. The van der Waals surface area contributed by atoms with Crippen molar-refractivity contribution >= 4 is 17.6 Å². The number of nitrogens with zero attached hydrogens (tertiary/aromatic N) is 2. The minimum Gasteiger partial charge on any atom is -0.488 e. The Labute approximate surface area is 166 Å². The lowest BCUT2D eigenvalue weighted by Crippen LogP contribution is -2.14. The SMILES string of the molecule is Cc1noc(C)c1COc1cc(C#N)ccc1C(=O)Nc1cccc(C(=O)O)c1.